The highest BCUT2D eigenvalue weighted by molar-refractivity contribution is 5.81. The van der Waals surface area contributed by atoms with Crippen molar-refractivity contribution in [2.75, 3.05) is 7.11 Å². The molecular formula is C13H18O2. The van der Waals surface area contributed by atoms with Crippen LogP contribution >= 0.6 is 0 Å². The molecule has 82 valence electrons. The fraction of sp³-hybridized carbons (Fsp3) is 0.769. The minimum atomic E-state index is -0.139. The van der Waals surface area contributed by atoms with Crippen molar-refractivity contribution in [2.24, 2.45) is 23.2 Å². The Hall–Kier alpha value is -0.790. The molecule has 4 atom stereocenters. The summed E-state index contributed by atoms with van der Waals surface area (Å²) in [6.45, 7) is 2.18. The van der Waals surface area contributed by atoms with Crippen molar-refractivity contribution in [3.63, 3.8) is 0 Å². The van der Waals surface area contributed by atoms with Gasteiger partial charge in [-0.05, 0) is 43.9 Å². The molecule has 0 radical (unpaired) electrons. The number of fused-ring (bicyclic) bond motifs is 4. The lowest BCUT2D eigenvalue weighted by Gasteiger charge is -2.55. The molecule has 0 heterocycles. The van der Waals surface area contributed by atoms with E-state index in [9.17, 15) is 4.79 Å². The molecule has 0 amide bonds. The minimum absolute atomic E-state index is 0.0451. The topological polar surface area (TPSA) is 26.3 Å². The molecule has 0 unspecified atom stereocenters. The van der Waals surface area contributed by atoms with Gasteiger partial charge in [0.2, 0.25) is 0 Å². The fourth-order valence-electron chi connectivity index (χ4n) is 4.55. The van der Waals surface area contributed by atoms with Crippen LogP contribution in [0, 0.1) is 23.2 Å². The first-order chi connectivity index (χ1) is 7.21. The van der Waals surface area contributed by atoms with Crippen LogP contribution < -0.4 is 0 Å². The average Bonchev–Trinajstić information content (AvgIpc) is 2.73. The largest absolute Gasteiger partial charge is 0.469 e. The van der Waals surface area contributed by atoms with Gasteiger partial charge in [-0.2, -0.15) is 0 Å². The Bertz CT molecular complexity index is 344. The Morgan fingerprint density at radius 3 is 3.07 bits per heavy atom. The molecular weight excluding hydrogens is 188 g/mol. The summed E-state index contributed by atoms with van der Waals surface area (Å²) in [7, 11) is 1.53. The zero-order valence-electron chi connectivity index (χ0n) is 9.45. The third-order valence-electron chi connectivity index (χ3n) is 5.03. The second-order valence-corrected chi connectivity index (χ2v) is 5.36. The van der Waals surface area contributed by atoms with Crippen LogP contribution in [0.2, 0.25) is 0 Å². The van der Waals surface area contributed by atoms with E-state index in [0.717, 1.165) is 12.3 Å². The van der Waals surface area contributed by atoms with Crippen molar-refractivity contribution in [1.29, 1.82) is 0 Å². The van der Waals surface area contributed by atoms with Gasteiger partial charge < -0.3 is 4.74 Å². The molecule has 2 heteroatoms. The van der Waals surface area contributed by atoms with Crippen LogP contribution in [-0.2, 0) is 9.53 Å². The summed E-state index contributed by atoms with van der Waals surface area (Å²) in [5.41, 5.74) is 1.29. The summed E-state index contributed by atoms with van der Waals surface area (Å²) in [4.78, 5) is 12.0. The lowest BCUT2D eigenvalue weighted by atomic mass is 9.47. The number of ether oxygens (including phenoxy) is 1. The summed E-state index contributed by atoms with van der Waals surface area (Å²) in [6, 6.07) is 0. The highest BCUT2D eigenvalue weighted by Gasteiger charge is 2.68. The van der Waals surface area contributed by atoms with E-state index in [1.165, 1.54) is 31.9 Å². The second kappa shape index (κ2) is 2.87. The Kier molecular flexibility index (Phi) is 1.80. The monoisotopic (exact) mass is 206 g/mol. The smallest absolute Gasteiger partial charge is 0.313 e. The van der Waals surface area contributed by atoms with Gasteiger partial charge in [-0.25, -0.2) is 0 Å². The molecule has 0 aromatic carbocycles. The molecule has 2 nitrogen and oxygen atoms in total. The van der Waals surface area contributed by atoms with Crippen LogP contribution in [-0.4, -0.2) is 13.1 Å². The number of esters is 1. The average molecular weight is 206 g/mol. The second-order valence-electron chi connectivity index (χ2n) is 5.36. The first kappa shape index (κ1) is 9.44. The SMILES string of the molecule is COC(=O)[C@@]12CC=C(C)[C@@H]1[C@H]1CCC[C@H]12. The molecule has 3 aliphatic rings. The van der Waals surface area contributed by atoms with Crippen LogP contribution in [0.4, 0.5) is 0 Å². The van der Waals surface area contributed by atoms with E-state index in [1.54, 1.807) is 0 Å². The zero-order valence-corrected chi connectivity index (χ0v) is 9.45. The number of rotatable bonds is 1. The standard InChI is InChI=1S/C13H18O2/c1-8-6-7-13(12(14)15-2)10-5-3-4-9(10)11(8)13/h6,9-11H,3-5,7H2,1-2H3/t9-,10+,11+,13+/m0/s1. The van der Waals surface area contributed by atoms with Gasteiger partial charge in [0.25, 0.3) is 0 Å². The highest BCUT2D eigenvalue weighted by Crippen LogP contribution is 2.69. The van der Waals surface area contributed by atoms with Gasteiger partial charge in [0.05, 0.1) is 12.5 Å². The Morgan fingerprint density at radius 2 is 2.33 bits per heavy atom. The maximum absolute atomic E-state index is 12.0. The normalized spacial score (nSPS) is 46.5. The molecule has 0 aromatic heterocycles. The Morgan fingerprint density at radius 1 is 1.53 bits per heavy atom. The number of allylic oxidation sites excluding steroid dienone is 2. The molecule has 0 N–H and O–H groups in total. The van der Waals surface area contributed by atoms with Crippen LogP contribution in [0.25, 0.3) is 0 Å². The van der Waals surface area contributed by atoms with Gasteiger partial charge in [0.1, 0.15) is 0 Å². The number of carbonyl (C=O) groups excluding carboxylic acids is 1. The summed E-state index contributed by atoms with van der Waals surface area (Å²) in [5.74, 6) is 1.95. The molecule has 0 saturated heterocycles. The van der Waals surface area contributed by atoms with E-state index in [4.69, 9.17) is 4.74 Å². The van der Waals surface area contributed by atoms with Crippen LogP contribution in [0.15, 0.2) is 11.6 Å². The fourth-order valence-corrected chi connectivity index (χ4v) is 4.55. The highest BCUT2D eigenvalue weighted by atomic mass is 16.5. The van der Waals surface area contributed by atoms with Gasteiger partial charge >= 0.3 is 5.97 Å². The maximum atomic E-state index is 12.0. The summed E-state index contributed by atoms with van der Waals surface area (Å²) >= 11 is 0. The van der Waals surface area contributed by atoms with Gasteiger partial charge in [-0.1, -0.05) is 18.1 Å². The first-order valence-corrected chi connectivity index (χ1v) is 5.97. The lowest BCUT2D eigenvalue weighted by molar-refractivity contribution is -0.177. The van der Waals surface area contributed by atoms with Crippen LogP contribution in [0.1, 0.15) is 32.6 Å². The minimum Gasteiger partial charge on any atom is -0.469 e. The molecule has 3 rings (SSSR count). The first-order valence-electron chi connectivity index (χ1n) is 5.97. The van der Waals surface area contributed by atoms with E-state index in [0.29, 0.717) is 11.8 Å². The molecule has 0 aromatic rings. The van der Waals surface area contributed by atoms with Gasteiger partial charge in [0.15, 0.2) is 0 Å². The van der Waals surface area contributed by atoms with Crippen molar-refractivity contribution < 1.29 is 9.53 Å². The van der Waals surface area contributed by atoms with Crippen LogP contribution in [0.5, 0.6) is 0 Å². The van der Waals surface area contributed by atoms with E-state index in [2.05, 4.69) is 13.0 Å². The maximum Gasteiger partial charge on any atom is 0.313 e. The zero-order chi connectivity index (χ0) is 10.6. The quantitative estimate of drug-likeness (QED) is 0.487. The lowest BCUT2D eigenvalue weighted by Crippen LogP contribution is -2.57. The van der Waals surface area contributed by atoms with E-state index >= 15 is 0 Å². The number of hydrogen-bond acceptors (Lipinski definition) is 2. The third-order valence-corrected chi connectivity index (χ3v) is 5.03. The summed E-state index contributed by atoms with van der Waals surface area (Å²) in [5, 5.41) is 0. The molecule has 2 saturated carbocycles. The van der Waals surface area contributed by atoms with Crippen molar-refractivity contribution in [1.82, 2.24) is 0 Å². The molecule has 0 aliphatic heterocycles. The van der Waals surface area contributed by atoms with Gasteiger partial charge in [0, 0.05) is 0 Å². The Balaban J connectivity index is 1.98. The summed E-state index contributed by atoms with van der Waals surface area (Å²) < 4.78 is 5.04. The van der Waals surface area contributed by atoms with E-state index in [-0.39, 0.29) is 11.4 Å². The molecule has 3 aliphatic carbocycles. The number of carbonyl (C=O) groups is 1. The van der Waals surface area contributed by atoms with E-state index in [1.807, 2.05) is 0 Å². The van der Waals surface area contributed by atoms with Crippen molar-refractivity contribution in [3.05, 3.63) is 11.6 Å². The van der Waals surface area contributed by atoms with Crippen molar-refractivity contribution in [2.45, 2.75) is 32.6 Å². The molecule has 0 spiro atoms. The van der Waals surface area contributed by atoms with E-state index < -0.39 is 0 Å². The van der Waals surface area contributed by atoms with Gasteiger partial charge in [-0.15, -0.1) is 0 Å². The number of hydrogen-bond donors (Lipinski definition) is 0. The third kappa shape index (κ3) is 0.889. The predicted molar refractivity (Wildman–Crippen MR) is 57.1 cm³/mol. The Labute approximate surface area is 90.7 Å². The molecule has 0 bridgehead atoms. The van der Waals surface area contributed by atoms with Crippen LogP contribution in [0.3, 0.4) is 0 Å². The van der Waals surface area contributed by atoms with Crippen molar-refractivity contribution in [3.8, 4) is 0 Å². The number of methoxy groups -OCH3 is 1. The molecule has 15 heavy (non-hydrogen) atoms. The van der Waals surface area contributed by atoms with Crippen molar-refractivity contribution >= 4 is 5.97 Å². The predicted octanol–water partition coefficient (Wildman–Crippen LogP) is 2.54. The van der Waals surface area contributed by atoms with Gasteiger partial charge in [-0.3, -0.25) is 4.79 Å². The molecule has 2 fully saturated rings. The summed E-state index contributed by atoms with van der Waals surface area (Å²) in [6.07, 6.45) is 7.05.